The summed E-state index contributed by atoms with van der Waals surface area (Å²) in [6, 6.07) is 17.8. The number of carbonyl (C=O) groups excluding carboxylic acids is 1. The van der Waals surface area contributed by atoms with Gasteiger partial charge in [-0.25, -0.2) is 4.98 Å². The van der Waals surface area contributed by atoms with Gasteiger partial charge in [0.2, 0.25) is 0 Å². The summed E-state index contributed by atoms with van der Waals surface area (Å²) < 4.78 is 2.23. The van der Waals surface area contributed by atoms with Gasteiger partial charge in [-0.15, -0.1) is 0 Å². The highest BCUT2D eigenvalue weighted by Gasteiger charge is 2.23. The molecule has 0 bridgehead atoms. The molecule has 25 heavy (non-hydrogen) atoms. The molecule has 1 aliphatic rings. The van der Waals surface area contributed by atoms with Crippen LogP contribution in [-0.2, 0) is 13.1 Å². The zero-order chi connectivity index (χ0) is 17.2. The van der Waals surface area contributed by atoms with Crippen LogP contribution >= 0.6 is 11.8 Å². The van der Waals surface area contributed by atoms with Crippen LogP contribution in [0.5, 0.6) is 0 Å². The first-order chi connectivity index (χ1) is 12.2. The lowest BCUT2D eigenvalue weighted by atomic mass is 10.1. The molecule has 1 aliphatic heterocycles. The number of aromatic nitrogens is 2. The fraction of sp³-hybridized carbons (Fsp3) is 0.200. The molecule has 1 N–H and O–H groups in total. The van der Waals surface area contributed by atoms with Gasteiger partial charge < -0.3 is 9.88 Å². The average Bonchev–Trinajstić information content (AvgIpc) is 3.22. The number of fused-ring (bicyclic) bond motifs is 1. The molecule has 0 saturated carbocycles. The van der Waals surface area contributed by atoms with E-state index in [9.17, 15) is 4.79 Å². The average molecular weight is 349 g/mol. The van der Waals surface area contributed by atoms with Crippen molar-refractivity contribution in [2.24, 2.45) is 0 Å². The largest absolute Gasteiger partial charge is 0.346 e. The van der Waals surface area contributed by atoms with Crippen molar-refractivity contribution in [3.8, 4) is 11.3 Å². The van der Waals surface area contributed by atoms with Crippen LogP contribution in [0, 0.1) is 6.92 Å². The van der Waals surface area contributed by atoms with Crippen LogP contribution < -0.4 is 5.32 Å². The van der Waals surface area contributed by atoms with Gasteiger partial charge in [0.1, 0.15) is 0 Å². The third kappa shape index (κ3) is 3.07. The van der Waals surface area contributed by atoms with Crippen molar-refractivity contribution in [2.75, 3.05) is 5.75 Å². The molecule has 0 spiro atoms. The summed E-state index contributed by atoms with van der Waals surface area (Å²) in [5, 5.41) is 4.11. The lowest BCUT2D eigenvalue weighted by Crippen LogP contribution is -2.25. The number of hydrogen-bond donors (Lipinski definition) is 1. The number of benzene rings is 2. The van der Waals surface area contributed by atoms with Gasteiger partial charge in [0.05, 0.1) is 17.9 Å². The molecule has 0 atom stereocenters. The lowest BCUT2D eigenvalue weighted by Gasteiger charge is -2.11. The van der Waals surface area contributed by atoms with Crippen molar-refractivity contribution in [3.63, 3.8) is 0 Å². The summed E-state index contributed by atoms with van der Waals surface area (Å²) in [7, 11) is 0. The number of carbonyl (C=O) groups is 1. The summed E-state index contributed by atoms with van der Waals surface area (Å²) in [5.41, 5.74) is 4.84. The number of imidazole rings is 1. The molecule has 5 heteroatoms. The molecule has 0 unspecified atom stereocenters. The lowest BCUT2D eigenvalue weighted by molar-refractivity contribution is 0.0949. The summed E-state index contributed by atoms with van der Waals surface area (Å²) in [6.07, 6.45) is 0. The number of nitrogens with one attached hydrogen (secondary N) is 1. The number of thioether (sulfide) groups is 1. The third-order valence-corrected chi connectivity index (χ3v) is 5.39. The molecular formula is C20H19N3OS. The zero-order valence-corrected chi connectivity index (χ0v) is 14.8. The van der Waals surface area contributed by atoms with Gasteiger partial charge in [0, 0.05) is 23.4 Å². The van der Waals surface area contributed by atoms with E-state index in [4.69, 9.17) is 4.98 Å². The highest BCUT2D eigenvalue weighted by atomic mass is 32.2. The van der Waals surface area contributed by atoms with Crippen LogP contribution in [0.3, 0.4) is 0 Å². The Balaban J connectivity index is 1.62. The molecule has 0 radical (unpaired) electrons. The van der Waals surface area contributed by atoms with Gasteiger partial charge in [-0.3, -0.25) is 4.79 Å². The van der Waals surface area contributed by atoms with Crippen LogP contribution in [0.4, 0.5) is 0 Å². The molecular weight excluding hydrogens is 330 g/mol. The number of nitrogens with zero attached hydrogens (tertiary/aromatic N) is 2. The van der Waals surface area contributed by atoms with E-state index >= 15 is 0 Å². The molecule has 0 aliphatic carbocycles. The maximum absolute atomic E-state index is 12.6. The van der Waals surface area contributed by atoms with Gasteiger partial charge in [-0.2, -0.15) is 0 Å². The summed E-state index contributed by atoms with van der Waals surface area (Å²) in [5.74, 6) is 0.995. The zero-order valence-electron chi connectivity index (χ0n) is 14.0. The number of amides is 1. The summed E-state index contributed by atoms with van der Waals surface area (Å²) in [4.78, 5) is 17.4. The van der Waals surface area contributed by atoms with E-state index in [2.05, 4.69) is 22.0 Å². The predicted octanol–water partition coefficient (Wildman–Crippen LogP) is 3.89. The smallest absolute Gasteiger partial charge is 0.251 e. The van der Waals surface area contributed by atoms with Gasteiger partial charge in [0.15, 0.2) is 5.16 Å². The monoisotopic (exact) mass is 349 g/mol. The van der Waals surface area contributed by atoms with Crippen molar-refractivity contribution >= 4 is 17.7 Å². The molecule has 1 aromatic heterocycles. The number of aryl methyl sites for hydroxylation is 1. The Bertz CT molecular complexity index is 918. The second-order valence-corrected chi connectivity index (χ2v) is 7.12. The highest BCUT2D eigenvalue weighted by Crippen LogP contribution is 2.33. The Morgan fingerprint density at radius 2 is 1.92 bits per heavy atom. The second kappa shape index (κ2) is 6.76. The van der Waals surface area contributed by atoms with Crippen molar-refractivity contribution < 1.29 is 4.79 Å². The molecule has 3 aromatic rings. The Morgan fingerprint density at radius 3 is 2.72 bits per heavy atom. The van der Waals surface area contributed by atoms with E-state index in [0.717, 1.165) is 45.5 Å². The van der Waals surface area contributed by atoms with Crippen molar-refractivity contribution in [1.82, 2.24) is 14.9 Å². The highest BCUT2D eigenvalue weighted by molar-refractivity contribution is 7.99. The standard InChI is InChI=1S/C20H19N3OS/c1-14-7-5-6-10-16(14)19(24)21-13-17-18(15-8-3-2-4-9-15)22-20-23(17)11-12-25-20/h2-10H,11-13H2,1H3,(H,21,24). The van der Waals surface area contributed by atoms with Crippen LogP contribution in [0.15, 0.2) is 59.8 Å². The first kappa shape index (κ1) is 16.0. The first-order valence-corrected chi connectivity index (χ1v) is 9.34. The van der Waals surface area contributed by atoms with E-state index in [0.29, 0.717) is 6.54 Å². The fourth-order valence-electron chi connectivity index (χ4n) is 3.13. The molecule has 1 amide bonds. The molecule has 0 saturated heterocycles. The Hall–Kier alpha value is -2.53. The van der Waals surface area contributed by atoms with Gasteiger partial charge in [-0.05, 0) is 18.6 Å². The molecule has 126 valence electrons. The van der Waals surface area contributed by atoms with Gasteiger partial charge >= 0.3 is 0 Å². The minimum absolute atomic E-state index is 0.0432. The third-order valence-electron chi connectivity index (χ3n) is 4.44. The second-order valence-electron chi connectivity index (χ2n) is 6.05. The molecule has 4 nitrogen and oxygen atoms in total. The van der Waals surface area contributed by atoms with Crippen LogP contribution in [-0.4, -0.2) is 21.2 Å². The Labute approximate surface area is 151 Å². The van der Waals surface area contributed by atoms with Gasteiger partial charge in [0.25, 0.3) is 5.91 Å². The first-order valence-electron chi connectivity index (χ1n) is 8.35. The van der Waals surface area contributed by atoms with Crippen LogP contribution in [0.1, 0.15) is 21.6 Å². The van der Waals surface area contributed by atoms with Crippen LogP contribution in [0.2, 0.25) is 0 Å². The summed E-state index contributed by atoms with van der Waals surface area (Å²) >= 11 is 1.77. The van der Waals surface area contributed by atoms with E-state index < -0.39 is 0 Å². The number of hydrogen-bond acceptors (Lipinski definition) is 3. The van der Waals surface area contributed by atoms with E-state index in [1.54, 1.807) is 11.8 Å². The van der Waals surface area contributed by atoms with E-state index in [1.165, 1.54) is 0 Å². The van der Waals surface area contributed by atoms with Crippen molar-refractivity contribution in [1.29, 1.82) is 0 Å². The maximum atomic E-state index is 12.6. The number of rotatable bonds is 4. The van der Waals surface area contributed by atoms with Crippen LogP contribution in [0.25, 0.3) is 11.3 Å². The Morgan fingerprint density at radius 1 is 1.16 bits per heavy atom. The van der Waals surface area contributed by atoms with E-state index in [1.807, 2.05) is 49.4 Å². The van der Waals surface area contributed by atoms with Crippen molar-refractivity contribution in [2.45, 2.75) is 25.2 Å². The minimum atomic E-state index is -0.0432. The molecule has 2 heterocycles. The van der Waals surface area contributed by atoms with E-state index in [-0.39, 0.29) is 5.91 Å². The normalized spacial score (nSPS) is 12.8. The maximum Gasteiger partial charge on any atom is 0.251 e. The molecule has 4 rings (SSSR count). The fourth-order valence-corrected chi connectivity index (χ4v) is 4.10. The SMILES string of the molecule is Cc1ccccc1C(=O)NCc1c(-c2ccccc2)nc2n1CCS2. The quantitative estimate of drug-likeness (QED) is 0.777. The summed E-state index contributed by atoms with van der Waals surface area (Å²) in [6.45, 7) is 3.37. The molecule has 0 fully saturated rings. The van der Waals surface area contributed by atoms with Crippen molar-refractivity contribution in [3.05, 3.63) is 71.4 Å². The van der Waals surface area contributed by atoms with Gasteiger partial charge in [-0.1, -0.05) is 60.3 Å². The predicted molar refractivity (Wildman–Crippen MR) is 101 cm³/mol. The Kier molecular flexibility index (Phi) is 4.32. The topological polar surface area (TPSA) is 46.9 Å². The minimum Gasteiger partial charge on any atom is -0.346 e. The molecule has 2 aromatic carbocycles.